The fourth-order valence-corrected chi connectivity index (χ4v) is 3.10. The van der Waals surface area contributed by atoms with E-state index >= 15 is 0 Å². The molecule has 1 aliphatic heterocycles. The van der Waals surface area contributed by atoms with E-state index in [1.165, 1.54) is 6.92 Å². The first-order valence-electron chi connectivity index (χ1n) is 3.93. The normalized spacial score (nSPS) is 20.5. The first-order valence-corrected chi connectivity index (χ1v) is 6.37. The molecule has 0 amide bonds. The minimum atomic E-state index is -1.21. The summed E-state index contributed by atoms with van der Waals surface area (Å²) in [5, 5.41) is 0. The van der Waals surface area contributed by atoms with E-state index in [0.29, 0.717) is 5.92 Å². The number of ether oxygens (including phenoxy) is 1. The Morgan fingerprint density at radius 1 is 1.73 bits per heavy atom. The fraction of sp³-hybridized carbons (Fsp3) is 0.857. The van der Waals surface area contributed by atoms with Crippen molar-refractivity contribution in [2.24, 2.45) is 5.92 Å². The molecular formula is C7H14O3Si. The third-order valence-corrected chi connectivity index (χ3v) is 3.80. The van der Waals surface area contributed by atoms with Gasteiger partial charge in [-0.2, -0.15) is 0 Å². The highest BCUT2D eigenvalue weighted by molar-refractivity contribution is 6.52. The van der Waals surface area contributed by atoms with Crippen LogP contribution in [0.4, 0.5) is 0 Å². The lowest BCUT2D eigenvalue weighted by Gasteiger charge is -2.27. The van der Waals surface area contributed by atoms with Crippen LogP contribution < -0.4 is 0 Å². The first kappa shape index (κ1) is 8.74. The molecule has 0 radical (unpaired) electrons. The maximum atomic E-state index is 10.5. The molecule has 1 heterocycles. The molecular weight excluding hydrogens is 160 g/mol. The second kappa shape index (κ2) is 3.87. The Morgan fingerprint density at radius 2 is 2.36 bits per heavy atom. The van der Waals surface area contributed by atoms with Crippen molar-refractivity contribution >= 4 is 15.0 Å². The van der Waals surface area contributed by atoms with Gasteiger partial charge in [-0.3, -0.25) is 4.79 Å². The highest BCUT2D eigenvalue weighted by Gasteiger charge is 2.23. The summed E-state index contributed by atoms with van der Waals surface area (Å²) in [6.45, 7) is 5.25. The molecule has 1 atom stereocenters. The van der Waals surface area contributed by atoms with E-state index in [2.05, 4.69) is 6.55 Å². The van der Waals surface area contributed by atoms with E-state index in [1.54, 1.807) is 0 Å². The number of rotatable bonds is 3. The van der Waals surface area contributed by atoms with Crippen molar-refractivity contribution in [2.45, 2.75) is 19.5 Å². The van der Waals surface area contributed by atoms with E-state index < -0.39 is 9.04 Å². The summed E-state index contributed by atoms with van der Waals surface area (Å²) in [6, 6.07) is 1.07. The van der Waals surface area contributed by atoms with E-state index in [4.69, 9.17) is 9.16 Å². The Morgan fingerprint density at radius 3 is 2.73 bits per heavy atom. The van der Waals surface area contributed by atoms with Gasteiger partial charge < -0.3 is 9.16 Å². The Balaban J connectivity index is 2.09. The summed E-state index contributed by atoms with van der Waals surface area (Å²) in [6.07, 6.45) is 0. The summed E-state index contributed by atoms with van der Waals surface area (Å²) in [5.41, 5.74) is 0. The van der Waals surface area contributed by atoms with Crippen LogP contribution in [0.15, 0.2) is 0 Å². The summed E-state index contributed by atoms with van der Waals surface area (Å²) in [7, 11) is -1.21. The van der Waals surface area contributed by atoms with Gasteiger partial charge >= 0.3 is 0 Å². The van der Waals surface area contributed by atoms with Crippen LogP contribution in [0, 0.1) is 5.92 Å². The summed E-state index contributed by atoms with van der Waals surface area (Å²) in [4.78, 5) is 10.5. The molecule has 0 N–H and O–H groups in total. The quantitative estimate of drug-likeness (QED) is 0.586. The van der Waals surface area contributed by atoms with E-state index in [1.807, 2.05) is 0 Å². The Kier molecular flexibility index (Phi) is 3.08. The molecule has 1 saturated heterocycles. The van der Waals surface area contributed by atoms with Crippen LogP contribution in [0.1, 0.15) is 6.92 Å². The van der Waals surface area contributed by atoms with Gasteiger partial charge in [0.1, 0.15) is 0 Å². The van der Waals surface area contributed by atoms with Crippen molar-refractivity contribution < 1.29 is 14.0 Å². The van der Waals surface area contributed by atoms with Gasteiger partial charge in [0.25, 0.3) is 5.97 Å². The van der Waals surface area contributed by atoms with Crippen LogP contribution in [0.5, 0.6) is 0 Å². The maximum absolute atomic E-state index is 10.5. The minimum absolute atomic E-state index is 0.135. The molecule has 0 aromatic carbocycles. The van der Waals surface area contributed by atoms with Gasteiger partial charge in [-0.05, 0) is 12.6 Å². The first-order chi connectivity index (χ1) is 5.18. The van der Waals surface area contributed by atoms with Crippen LogP contribution in [-0.2, 0) is 14.0 Å². The minimum Gasteiger partial charge on any atom is -0.522 e. The molecule has 1 rings (SSSR count). The van der Waals surface area contributed by atoms with E-state index in [-0.39, 0.29) is 5.97 Å². The number of carbonyl (C=O) groups is 1. The summed E-state index contributed by atoms with van der Waals surface area (Å²) in [5.74, 6) is 0.528. The highest BCUT2D eigenvalue weighted by atomic mass is 28.3. The molecule has 0 spiro atoms. The Bertz CT molecular complexity index is 145. The van der Waals surface area contributed by atoms with Gasteiger partial charge in [-0.15, -0.1) is 0 Å². The van der Waals surface area contributed by atoms with Gasteiger partial charge in [-0.25, -0.2) is 0 Å². The van der Waals surface area contributed by atoms with Gasteiger partial charge in [0.05, 0.1) is 13.2 Å². The number of carbonyl (C=O) groups excluding carboxylic acids is 1. The molecule has 0 saturated carbocycles. The third-order valence-electron chi connectivity index (χ3n) is 1.74. The van der Waals surface area contributed by atoms with Crippen LogP contribution in [0.2, 0.25) is 12.6 Å². The zero-order chi connectivity index (χ0) is 8.27. The monoisotopic (exact) mass is 174 g/mol. The topological polar surface area (TPSA) is 35.5 Å². The van der Waals surface area contributed by atoms with Gasteiger partial charge in [0.2, 0.25) is 9.04 Å². The lowest BCUT2D eigenvalue weighted by Crippen LogP contribution is -2.32. The molecule has 1 fully saturated rings. The predicted molar refractivity (Wildman–Crippen MR) is 43.9 cm³/mol. The lowest BCUT2D eigenvalue weighted by molar-refractivity contribution is -0.132. The molecule has 4 heteroatoms. The summed E-state index contributed by atoms with van der Waals surface area (Å²) < 4.78 is 10.1. The molecule has 0 bridgehead atoms. The molecule has 3 nitrogen and oxygen atoms in total. The molecule has 11 heavy (non-hydrogen) atoms. The number of hydrogen-bond donors (Lipinski definition) is 0. The van der Waals surface area contributed by atoms with Gasteiger partial charge in [0.15, 0.2) is 0 Å². The van der Waals surface area contributed by atoms with Crippen molar-refractivity contribution in [3.63, 3.8) is 0 Å². The number of hydrogen-bond acceptors (Lipinski definition) is 3. The molecule has 64 valence electrons. The van der Waals surface area contributed by atoms with E-state index in [0.717, 1.165) is 19.3 Å². The standard InChI is InChI=1S/C7H14O3Si/c1-6(8)10-11(2)5-7-3-9-4-7/h7,11H,3-5H2,1-2H3. The third kappa shape index (κ3) is 3.03. The molecule has 0 aromatic rings. The van der Waals surface area contributed by atoms with Crippen LogP contribution in [0.25, 0.3) is 0 Å². The van der Waals surface area contributed by atoms with Crippen molar-refractivity contribution in [1.82, 2.24) is 0 Å². The Labute approximate surface area is 68.4 Å². The average Bonchev–Trinajstić information content (AvgIpc) is 1.77. The zero-order valence-corrected chi connectivity index (χ0v) is 8.16. The Hall–Kier alpha value is -0.353. The predicted octanol–water partition coefficient (Wildman–Crippen LogP) is 0.549. The molecule has 0 aromatic heterocycles. The molecule has 0 aliphatic carbocycles. The van der Waals surface area contributed by atoms with Crippen LogP contribution >= 0.6 is 0 Å². The second-order valence-corrected chi connectivity index (χ2v) is 5.39. The molecule has 1 aliphatic rings. The zero-order valence-electron chi connectivity index (χ0n) is 7.00. The van der Waals surface area contributed by atoms with Gasteiger partial charge in [0, 0.05) is 12.8 Å². The largest absolute Gasteiger partial charge is 0.522 e. The van der Waals surface area contributed by atoms with Crippen molar-refractivity contribution in [1.29, 1.82) is 0 Å². The average molecular weight is 174 g/mol. The van der Waals surface area contributed by atoms with Crippen LogP contribution in [-0.4, -0.2) is 28.2 Å². The molecule has 1 unspecified atom stereocenters. The highest BCUT2D eigenvalue weighted by Crippen LogP contribution is 2.17. The smallest absolute Gasteiger partial charge is 0.289 e. The van der Waals surface area contributed by atoms with Crippen molar-refractivity contribution in [3.05, 3.63) is 0 Å². The maximum Gasteiger partial charge on any atom is 0.289 e. The van der Waals surface area contributed by atoms with Crippen molar-refractivity contribution in [3.8, 4) is 0 Å². The van der Waals surface area contributed by atoms with Crippen molar-refractivity contribution in [2.75, 3.05) is 13.2 Å². The SMILES string of the molecule is CC(=O)O[SiH](C)CC1COC1. The lowest BCUT2D eigenvalue weighted by atomic mass is 10.1. The van der Waals surface area contributed by atoms with Gasteiger partial charge in [-0.1, -0.05) is 0 Å². The summed E-state index contributed by atoms with van der Waals surface area (Å²) >= 11 is 0. The second-order valence-electron chi connectivity index (χ2n) is 3.06. The van der Waals surface area contributed by atoms with Crippen LogP contribution in [0.3, 0.4) is 0 Å². The fourth-order valence-electron chi connectivity index (χ4n) is 1.22. The van der Waals surface area contributed by atoms with E-state index in [9.17, 15) is 4.79 Å².